The summed E-state index contributed by atoms with van der Waals surface area (Å²) in [6, 6.07) is 7.56. The van der Waals surface area contributed by atoms with Crippen LogP contribution < -0.4 is 11.2 Å². The molecule has 0 radical (unpaired) electrons. The molecule has 0 bridgehead atoms. The van der Waals surface area contributed by atoms with Crippen LogP contribution in [0, 0.1) is 13.8 Å². The predicted octanol–water partition coefficient (Wildman–Crippen LogP) is 1.87. The number of nitrogens with zero attached hydrogens (tertiary/aromatic N) is 2. The highest BCUT2D eigenvalue weighted by molar-refractivity contribution is 7.89. The van der Waals surface area contributed by atoms with Gasteiger partial charge in [0.25, 0.3) is 5.56 Å². The molecular weight excluding hydrogens is 368 g/mol. The van der Waals surface area contributed by atoms with E-state index in [1.165, 1.54) is 43.1 Å². The van der Waals surface area contributed by atoms with Crippen molar-refractivity contribution in [2.45, 2.75) is 25.3 Å². The molecule has 2 aromatic heterocycles. The molecule has 0 aliphatic rings. The number of aromatic nitrogens is 1. The zero-order valence-corrected chi connectivity index (χ0v) is 16.3. The van der Waals surface area contributed by atoms with Crippen molar-refractivity contribution in [2.24, 2.45) is 0 Å². The summed E-state index contributed by atoms with van der Waals surface area (Å²) in [7, 11) is -0.833. The Bertz CT molecular complexity index is 1250. The van der Waals surface area contributed by atoms with Crippen LogP contribution in [0.4, 0.5) is 0 Å². The first kappa shape index (κ1) is 19.1. The molecule has 3 rings (SSSR count). The summed E-state index contributed by atoms with van der Waals surface area (Å²) in [5.74, 6) is 0. The summed E-state index contributed by atoms with van der Waals surface area (Å²) in [5, 5.41) is 0.713. The van der Waals surface area contributed by atoms with Gasteiger partial charge in [0.05, 0.1) is 11.4 Å². The van der Waals surface area contributed by atoms with E-state index in [2.05, 4.69) is 0 Å². The molecule has 0 unspecified atom stereocenters. The molecule has 0 fully saturated rings. The number of fused-ring (bicyclic) bond motifs is 1. The zero-order chi connectivity index (χ0) is 19.9. The zero-order valence-electron chi connectivity index (χ0n) is 15.5. The fourth-order valence-electron chi connectivity index (χ4n) is 2.84. The third kappa shape index (κ3) is 3.45. The second-order valence-corrected chi connectivity index (χ2v) is 8.75. The smallest absolute Gasteiger partial charge is 0.336 e. The Kier molecular flexibility index (Phi) is 4.79. The lowest BCUT2D eigenvalue weighted by Crippen LogP contribution is -2.26. The number of pyridine rings is 1. The minimum absolute atomic E-state index is 0.00592. The van der Waals surface area contributed by atoms with Crippen LogP contribution >= 0.6 is 0 Å². The molecule has 0 aliphatic carbocycles. The van der Waals surface area contributed by atoms with Gasteiger partial charge in [-0.25, -0.2) is 17.5 Å². The van der Waals surface area contributed by atoms with Crippen LogP contribution in [-0.2, 0) is 16.6 Å². The van der Waals surface area contributed by atoms with E-state index >= 15 is 0 Å². The van der Waals surface area contributed by atoms with Gasteiger partial charge in [-0.05, 0) is 36.6 Å². The van der Waals surface area contributed by atoms with Gasteiger partial charge in [0.1, 0.15) is 5.58 Å². The van der Waals surface area contributed by atoms with Gasteiger partial charge in [-0.15, -0.1) is 0 Å². The van der Waals surface area contributed by atoms with Crippen LogP contribution in [0.25, 0.3) is 11.0 Å². The minimum Gasteiger partial charge on any atom is -0.422 e. The van der Waals surface area contributed by atoms with E-state index in [1.54, 1.807) is 0 Å². The molecule has 0 N–H and O–H groups in total. The van der Waals surface area contributed by atoms with Crippen LogP contribution in [-0.4, -0.2) is 31.4 Å². The van der Waals surface area contributed by atoms with Crippen LogP contribution in [0.2, 0.25) is 0 Å². The predicted molar refractivity (Wildman–Crippen MR) is 103 cm³/mol. The standard InChI is InChI=1S/C19H20N2O5S/c1-12-5-7-16-14(9-18(23)26-19(16)13(12)2)10-21-11-15(6-8-17(21)22)27(24,25)20(3)4/h5-9,11H,10H2,1-4H3. The van der Waals surface area contributed by atoms with Crippen molar-refractivity contribution in [3.05, 3.63) is 74.0 Å². The summed E-state index contributed by atoms with van der Waals surface area (Å²) >= 11 is 0. The van der Waals surface area contributed by atoms with E-state index in [0.717, 1.165) is 15.4 Å². The average molecular weight is 388 g/mol. The van der Waals surface area contributed by atoms with E-state index in [0.29, 0.717) is 16.5 Å². The molecule has 2 heterocycles. The van der Waals surface area contributed by atoms with Crippen molar-refractivity contribution in [3.63, 3.8) is 0 Å². The summed E-state index contributed by atoms with van der Waals surface area (Å²) in [5.41, 5.74) is 2.02. The van der Waals surface area contributed by atoms with Gasteiger partial charge in [0, 0.05) is 37.8 Å². The van der Waals surface area contributed by atoms with Gasteiger partial charge in [0.15, 0.2) is 0 Å². The fraction of sp³-hybridized carbons (Fsp3) is 0.263. The maximum Gasteiger partial charge on any atom is 0.336 e. The Balaban J connectivity index is 2.18. The Hall–Kier alpha value is -2.71. The highest BCUT2D eigenvalue weighted by atomic mass is 32.2. The molecule has 1 aromatic carbocycles. The molecule has 8 heteroatoms. The van der Waals surface area contributed by atoms with E-state index in [9.17, 15) is 18.0 Å². The molecule has 0 atom stereocenters. The molecule has 0 saturated carbocycles. The Morgan fingerprint density at radius 2 is 1.78 bits per heavy atom. The van der Waals surface area contributed by atoms with Gasteiger partial charge in [-0.2, -0.15) is 0 Å². The first-order chi connectivity index (χ1) is 12.6. The Labute approximate surface area is 156 Å². The topological polar surface area (TPSA) is 89.6 Å². The van der Waals surface area contributed by atoms with Crippen molar-refractivity contribution < 1.29 is 12.8 Å². The van der Waals surface area contributed by atoms with Crippen molar-refractivity contribution in [2.75, 3.05) is 14.1 Å². The molecule has 0 amide bonds. The first-order valence-corrected chi connectivity index (χ1v) is 9.71. The Morgan fingerprint density at radius 3 is 2.44 bits per heavy atom. The molecule has 0 spiro atoms. The SMILES string of the molecule is Cc1ccc2c(Cn3cc(S(=O)(=O)N(C)C)ccc3=O)cc(=O)oc2c1C. The number of sulfonamides is 1. The minimum atomic E-state index is -3.68. The van der Waals surface area contributed by atoms with Gasteiger partial charge in [0.2, 0.25) is 10.0 Å². The first-order valence-electron chi connectivity index (χ1n) is 8.27. The highest BCUT2D eigenvalue weighted by Gasteiger charge is 2.18. The Morgan fingerprint density at radius 1 is 1.07 bits per heavy atom. The third-order valence-corrected chi connectivity index (χ3v) is 6.39. The van der Waals surface area contributed by atoms with E-state index in [-0.39, 0.29) is 17.0 Å². The maximum atomic E-state index is 12.3. The normalized spacial score (nSPS) is 12.0. The average Bonchev–Trinajstić information content (AvgIpc) is 2.60. The van der Waals surface area contributed by atoms with Crippen LogP contribution in [0.5, 0.6) is 0 Å². The van der Waals surface area contributed by atoms with Crippen molar-refractivity contribution in [3.8, 4) is 0 Å². The largest absolute Gasteiger partial charge is 0.422 e. The number of aryl methyl sites for hydroxylation is 2. The van der Waals surface area contributed by atoms with E-state index < -0.39 is 15.6 Å². The quantitative estimate of drug-likeness (QED) is 0.637. The van der Waals surface area contributed by atoms with Gasteiger partial charge in [-0.3, -0.25) is 4.79 Å². The second kappa shape index (κ2) is 6.79. The van der Waals surface area contributed by atoms with Crippen molar-refractivity contribution in [1.82, 2.24) is 8.87 Å². The summed E-state index contributed by atoms with van der Waals surface area (Å²) in [4.78, 5) is 24.3. The number of hydrogen-bond donors (Lipinski definition) is 0. The molecule has 27 heavy (non-hydrogen) atoms. The summed E-state index contributed by atoms with van der Waals surface area (Å²) < 4.78 is 32.4. The second-order valence-electron chi connectivity index (χ2n) is 6.59. The number of hydrogen-bond acceptors (Lipinski definition) is 5. The molecular formula is C19H20N2O5S. The summed E-state index contributed by atoms with van der Waals surface area (Å²) in [6.45, 7) is 3.84. The van der Waals surface area contributed by atoms with Crippen LogP contribution in [0.3, 0.4) is 0 Å². The van der Waals surface area contributed by atoms with Gasteiger partial charge >= 0.3 is 5.63 Å². The summed E-state index contributed by atoms with van der Waals surface area (Å²) in [6.07, 6.45) is 1.29. The number of benzene rings is 1. The van der Waals surface area contributed by atoms with E-state index in [4.69, 9.17) is 4.42 Å². The monoisotopic (exact) mass is 388 g/mol. The van der Waals surface area contributed by atoms with Gasteiger partial charge < -0.3 is 8.98 Å². The lowest BCUT2D eigenvalue weighted by molar-refractivity contribution is 0.519. The fourth-order valence-corrected chi connectivity index (χ4v) is 3.76. The lowest BCUT2D eigenvalue weighted by Gasteiger charge is -2.14. The molecule has 0 aliphatic heterocycles. The third-order valence-electron chi connectivity index (χ3n) is 4.59. The van der Waals surface area contributed by atoms with Gasteiger partial charge in [-0.1, -0.05) is 12.1 Å². The lowest BCUT2D eigenvalue weighted by atomic mass is 10.0. The van der Waals surface area contributed by atoms with Crippen LogP contribution in [0.15, 0.2) is 55.4 Å². The molecule has 3 aromatic rings. The van der Waals surface area contributed by atoms with Crippen molar-refractivity contribution >= 4 is 21.0 Å². The van der Waals surface area contributed by atoms with Crippen LogP contribution in [0.1, 0.15) is 16.7 Å². The molecule has 0 saturated heterocycles. The van der Waals surface area contributed by atoms with Crippen molar-refractivity contribution in [1.29, 1.82) is 0 Å². The van der Waals surface area contributed by atoms with E-state index in [1.807, 2.05) is 26.0 Å². The molecule has 142 valence electrons. The highest BCUT2D eigenvalue weighted by Crippen LogP contribution is 2.23. The maximum absolute atomic E-state index is 12.3. The number of rotatable bonds is 4. The molecule has 7 nitrogen and oxygen atoms in total.